The minimum atomic E-state index is -0.341. The molecule has 3 nitrogen and oxygen atoms in total. The van der Waals surface area contributed by atoms with Crippen LogP contribution in [0.15, 0.2) is 42.5 Å². The van der Waals surface area contributed by atoms with Crippen molar-refractivity contribution in [3.63, 3.8) is 0 Å². The van der Waals surface area contributed by atoms with Gasteiger partial charge in [0.25, 0.3) is 0 Å². The molecule has 26 heavy (non-hydrogen) atoms. The molecule has 0 radical (unpaired) electrons. The number of fused-ring (bicyclic) bond motifs is 1. The number of hydrogen-bond donors (Lipinski definition) is 0. The second kappa shape index (κ2) is 7.90. The summed E-state index contributed by atoms with van der Waals surface area (Å²) in [5.74, 6) is -0.341. The summed E-state index contributed by atoms with van der Waals surface area (Å²) >= 11 is 6.20. The minimum absolute atomic E-state index is 0.341. The summed E-state index contributed by atoms with van der Waals surface area (Å²) < 4.78 is 16.5. The van der Waals surface area contributed by atoms with Crippen LogP contribution >= 0.6 is 11.6 Å². The van der Waals surface area contributed by atoms with E-state index in [2.05, 4.69) is 24.8 Å². The summed E-state index contributed by atoms with van der Waals surface area (Å²) in [6.45, 7) is 7.62. The third kappa shape index (κ3) is 3.33. The zero-order chi connectivity index (χ0) is 18.7. The molecule has 0 spiro atoms. The zero-order valence-corrected chi connectivity index (χ0v) is 15.7. The van der Waals surface area contributed by atoms with Gasteiger partial charge >= 0.3 is 0 Å². The minimum Gasteiger partial charge on any atom is -0.331 e. The highest BCUT2D eigenvalue weighted by Gasteiger charge is 2.21. The summed E-state index contributed by atoms with van der Waals surface area (Å²) in [6, 6.07) is 14.4. The molecule has 0 aliphatic carbocycles. The van der Waals surface area contributed by atoms with Gasteiger partial charge in [0.2, 0.25) is 0 Å². The van der Waals surface area contributed by atoms with E-state index in [0.29, 0.717) is 28.4 Å². The Morgan fingerprint density at radius 1 is 1.15 bits per heavy atom. The molecule has 5 heteroatoms. The third-order valence-corrected chi connectivity index (χ3v) is 5.04. The van der Waals surface area contributed by atoms with Gasteiger partial charge in [0.05, 0.1) is 0 Å². The summed E-state index contributed by atoms with van der Waals surface area (Å²) in [6.07, 6.45) is 0. The van der Waals surface area contributed by atoms with Crippen LogP contribution in [0.4, 0.5) is 4.39 Å². The smallest absolute Gasteiger partial charge is 0.131 e. The van der Waals surface area contributed by atoms with Gasteiger partial charge in [-0.3, -0.25) is 0 Å². The quantitative estimate of drug-likeness (QED) is 0.589. The van der Waals surface area contributed by atoms with E-state index in [0.717, 1.165) is 30.5 Å². The summed E-state index contributed by atoms with van der Waals surface area (Å²) in [5.41, 5.74) is 2.41. The molecule has 0 atom stereocenters. The van der Waals surface area contributed by atoms with Crippen molar-refractivity contribution in [2.75, 3.05) is 19.6 Å². The van der Waals surface area contributed by atoms with Crippen LogP contribution in [0.25, 0.3) is 22.0 Å². The second-order valence-electron chi connectivity index (χ2n) is 6.16. The number of benzene rings is 2. The summed E-state index contributed by atoms with van der Waals surface area (Å²) in [4.78, 5) is 2.30. The van der Waals surface area contributed by atoms with Crippen LogP contribution in [0, 0.1) is 17.1 Å². The maximum absolute atomic E-state index is 14.5. The fraction of sp³-hybridized carbons (Fsp3) is 0.286. The van der Waals surface area contributed by atoms with E-state index in [9.17, 15) is 9.65 Å². The average molecular weight is 370 g/mol. The molecule has 3 aromatic rings. The number of likely N-dealkylation sites (N-methyl/N-ethyl adjacent to an activating group) is 1. The largest absolute Gasteiger partial charge is 0.331 e. The van der Waals surface area contributed by atoms with Gasteiger partial charge in [0, 0.05) is 40.1 Å². The molecular weight excluding hydrogens is 349 g/mol. The molecule has 0 aliphatic rings. The van der Waals surface area contributed by atoms with Crippen molar-refractivity contribution in [2.45, 2.75) is 20.4 Å². The number of nitrogens with zero attached hydrogens (tertiary/aromatic N) is 3. The van der Waals surface area contributed by atoms with Crippen LogP contribution in [0.3, 0.4) is 0 Å². The summed E-state index contributed by atoms with van der Waals surface area (Å²) in [7, 11) is 0. The summed E-state index contributed by atoms with van der Waals surface area (Å²) in [5, 5.41) is 11.2. The first kappa shape index (κ1) is 18.4. The van der Waals surface area contributed by atoms with Crippen LogP contribution in [-0.4, -0.2) is 29.1 Å². The van der Waals surface area contributed by atoms with E-state index in [4.69, 9.17) is 11.6 Å². The highest BCUT2D eigenvalue weighted by atomic mass is 35.5. The average Bonchev–Trinajstić information content (AvgIpc) is 2.95. The molecule has 1 aromatic heterocycles. The molecule has 0 aliphatic heterocycles. The number of halogens is 2. The second-order valence-corrected chi connectivity index (χ2v) is 6.59. The Hall–Kier alpha value is -2.35. The number of hydrogen-bond acceptors (Lipinski definition) is 2. The van der Waals surface area contributed by atoms with E-state index in [1.54, 1.807) is 18.2 Å². The first-order chi connectivity index (χ1) is 12.6. The molecule has 3 rings (SSSR count). The van der Waals surface area contributed by atoms with Crippen LogP contribution in [0.1, 0.15) is 19.5 Å². The number of nitriles is 1. The zero-order valence-electron chi connectivity index (χ0n) is 15.0. The van der Waals surface area contributed by atoms with Gasteiger partial charge in [-0.1, -0.05) is 43.6 Å². The first-order valence-electron chi connectivity index (χ1n) is 8.79. The van der Waals surface area contributed by atoms with Crippen molar-refractivity contribution in [3.8, 4) is 17.2 Å². The lowest BCUT2D eigenvalue weighted by molar-refractivity contribution is 0.292. The fourth-order valence-electron chi connectivity index (χ4n) is 3.39. The fourth-order valence-corrected chi connectivity index (χ4v) is 3.57. The normalized spacial score (nSPS) is 11.2. The Kier molecular flexibility index (Phi) is 5.61. The Morgan fingerprint density at radius 2 is 1.88 bits per heavy atom. The van der Waals surface area contributed by atoms with E-state index in [-0.39, 0.29) is 5.82 Å². The molecule has 0 fully saturated rings. The third-order valence-electron chi connectivity index (χ3n) is 4.81. The first-order valence-corrected chi connectivity index (χ1v) is 9.17. The Labute approximate surface area is 158 Å². The van der Waals surface area contributed by atoms with Gasteiger partial charge in [-0.05, 0) is 37.4 Å². The molecule has 0 N–H and O–H groups in total. The number of aromatic nitrogens is 1. The van der Waals surface area contributed by atoms with Gasteiger partial charge < -0.3 is 9.47 Å². The molecule has 134 valence electrons. The van der Waals surface area contributed by atoms with Gasteiger partial charge in [0.15, 0.2) is 0 Å². The van der Waals surface area contributed by atoms with E-state index < -0.39 is 0 Å². The highest BCUT2D eigenvalue weighted by Crippen LogP contribution is 2.37. The monoisotopic (exact) mass is 369 g/mol. The molecule has 0 unspecified atom stereocenters. The number of rotatable bonds is 6. The molecule has 0 saturated heterocycles. The van der Waals surface area contributed by atoms with Crippen LogP contribution in [0.5, 0.6) is 0 Å². The molecule has 2 aromatic carbocycles. The topological polar surface area (TPSA) is 32.0 Å². The van der Waals surface area contributed by atoms with Gasteiger partial charge in [-0.2, -0.15) is 5.26 Å². The van der Waals surface area contributed by atoms with E-state index in [1.165, 1.54) is 6.07 Å². The van der Waals surface area contributed by atoms with Gasteiger partial charge in [-0.15, -0.1) is 0 Å². The molecule has 0 saturated carbocycles. The lowest BCUT2D eigenvalue weighted by Crippen LogP contribution is -2.27. The van der Waals surface area contributed by atoms with Crippen LogP contribution in [0.2, 0.25) is 5.02 Å². The molecule has 1 heterocycles. The predicted octanol–water partition coefficient (Wildman–Crippen LogP) is 5.31. The Morgan fingerprint density at radius 3 is 2.54 bits per heavy atom. The lowest BCUT2D eigenvalue weighted by Gasteiger charge is -2.19. The van der Waals surface area contributed by atoms with Gasteiger partial charge in [0.1, 0.15) is 17.6 Å². The lowest BCUT2D eigenvalue weighted by atomic mass is 10.0. The maximum atomic E-state index is 14.5. The highest BCUT2D eigenvalue weighted by molar-refractivity contribution is 6.31. The van der Waals surface area contributed by atoms with Crippen LogP contribution < -0.4 is 0 Å². The van der Waals surface area contributed by atoms with Crippen molar-refractivity contribution >= 4 is 22.5 Å². The van der Waals surface area contributed by atoms with E-state index >= 15 is 0 Å². The van der Waals surface area contributed by atoms with Crippen molar-refractivity contribution < 1.29 is 4.39 Å². The van der Waals surface area contributed by atoms with Crippen molar-refractivity contribution in [2.24, 2.45) is 0 Å². The Balaban J connectivity index is 2.23. The molecular formula is C21H21ClFN3. The van der Waals surface area contributed by atoms with Gasteiger partial charge in [-0.25, -0.2) is 4.39 Å². The Bertz CT molecular complexity index is 967. The van der Waals surface area contributed by atoms with Crippen molar-refractivity contribution in [1.29, 1.82) is 5.26 Å². The molecule has 0 amide bonds. The molecule has 0 bridgehead atoms. The standard InChI is InChI=1S/C21H21ClFN3/c1-3-25(4-2)11-12-26-19-10-9-15(22)13-17(19)21(20(26)14-24)16-7-5-6-8-18(16)23/h5-10,13H,3-4,11-12H2,1-2H3. The predicted molar refractivity (Wildman–Crippen MR) is 105 cm³/mol. The van der Waals surface area contributed by atoms with Crippen LogP contribution in [-0.2, 0) is 6.54 Å². The SMILES string of the molecule is CCN(CC)CCn1c(C#N)c(-c2ccccc2F)c2cc(Cl)ccc21. The van der Waals surface area contributed by atoms with Crippen molar-refractivity contribution in [1.82, 2.24) is 9.47 Å². The maximum Gasteiger partial charge on any atom is 0.131 e. The van der Waals surface area contributed by atoms with E-state index in [1.807, 2.05) is 22.8 Å². The van der Waals surface area contributed by atoms with Crippen molar-refractivity contribution in [3.05, 3.63) is 59.0 Å².